The van der Waals surface area contributed by atoms with Gasteiger partial charge in [0.25, 0.3) is 0 Å². The molecule has 1 amide bonds. The number of likely N-dealkylation sites (N-methyl/N-ethyl adjacent to an activating group) is 1. The van der Waals surface area contributed by atoms with E-state index in [0.717, 1.165) is 29.8 Å². The second-order valence-electron chi connectivity index (χ2n) is 5.82. The van der Waals surface area contributed by atoms with Gasteiger partial charge in [-0.1, -0.05) is 13.0 Å². The first-order chi connectivity index (χ1) is 11.1. The molecule has 1 atom stereocenters. The van der Waals surface area contributed by atoms with Gasteiger partial charge in [0, 0.05) is 25.1 Å². The van der Waals surface area contributed by atoms with Crippen molar-refractivity contribution in [2.45, 2.75) is 32.9 Å². The summed E-state index contributed by atoms with van der Waals surface area (Å²) in [6.07, 6.45) is 6.18. The average molecular weight is 312 g/mol. The van der Waals surface area contributed by atoms with Crippen LogP contribution in [0.2, 0.25) is 0 Å². The third kappa shape index (κ3) is 5.45. The molecule has 2 rings (SSSR count). The Morgan fingerprint density at radius 1 is 1.26 bits per heavy atom. The molecule has 5 nitrogen and oxygen atoms in total. The third-order valence-corrected chi connectivity index (χ3v) is 3.65. The number of carbonyl (C=O) groups is 1. The molecule has 0 aliphatic carbocycles. The van der Waals surface area contributed by atoms with Gasteiger partial charge in [0.15, 0.2) is 0 Å². The summed E-state index contributed by atoms with van der Waals surface area (Å²) >= 11 is 0. The monoisotopic (exact) mass is 312 g/mol. The van der Waals surface area contributed by atoms with Gasteiger partial charge in [-0.15, -0.1) is 0 Å². The number of hydrogen-bond donors (Lipinski definition) is 1. The van der Waals surface area contributed by atoms with E-state index < -0.39 is 0 Å². The summed E-state index contributed by atoms with van der Waals surface area (Å²) in [4.78, 5) is 22.7. The van der Waals surface area contributed by atoms with Crippen LogP contribution in [0.15, 0.2) is 42.9 Å². The minimum Gasteiger partial charge on any atom is -0.347 e. The Morgan fingerprint density at radius 3 is 2.61 bits per heavy atom. The van der Waals surface area contributed by atoms with E-state index in [9.17, 15) is 4.79 Å². The van der Waals surface area contributed by atoms with Crippen molar-refractivity contribution in [2.24, 2.45) is 0 Å². The fraction of sp³-hybridized carbons (Fsp3) is 0.389. The molecule has 0 aromatic carbocycles. The second-order valence-corrected chi connectivity index (χ2v) is 5.82. The van der Waals surface area contributed by atoms with E-state index in [2.05, 4.69) is 15.3 Å². The second kappa shape index (κ2) is 8.39. The molecular weight excluding hydrogens is 288 g/mol. The summed E-state index contributed by atoms with van der Waals surface area (Å²) in [6.45, 7) is 5.12. The van der Waals surface area contributed by atoms with E-state index in [1.54, 1.807) is 12.4 Å². The van der Waals surface area contributed by atoms with Crippen LogP contribution >= 0.6 is 0 Å². The summed E-state index contributed by atoms with van der Waals surface area (Å²) in [6, 6.07) is 7.87. The number of aryl methyl sites for hydroxylation is 1. The molecule has 5 heteroatoms. The summed E-state index contributed by atoms with van der Waals surface area (Å²) in [5.41, 5.74) is 3.16. The largest absolute Gasteiger partial charge is 0.347 e. The van der Waals surface area contributed by atoms with Gasteiger partial charge in [0.1, 0.15) is 0 Å². The summed E-state index contributed by atoms with van der Waals surface area (Å²) in [5.74, 6) is 0.00998. The molecule has 0 spiro atoms. The van der Waals surface area contributed by atoms with Crippen molar-refractivity contribution in [1.82, 2.24) is 20.2 Å². The molecule has 2 aromatic rings. The van der Waals surface area contributed by atoms with E-state index in [-0.39, 0.29) is 11.9 Å². The van der Waals surface area contributed by atoms with Gasteiger partial charge < -0.3 is 5.32 Å². The first-order valence-electron chi connectivity index (χ1n) is 7.88. The van der Waals surface area contributed by atoms with E-state index in [4.69, 9.17) is 0 Å². The SMILES string of the molecule is CCC(NC(=O)CN(C)Cc1ccncc1)c1ccc(C)cn1. The van der Waals surface area contributed by atoms with Crippen molar-refractivity contribution in [1.29, 1.82) is 0 Å². The third-order valence-electron chi connectivity index (χ3n) is 3.65. The van der Waals surface area contributed by atoms with Gasteiger partial charge in [0.05, 0.1) is 18.3 Å². The minimum atomic E-state index is -0.0441. The molecule has 0 saturated carbocycles. The number of pyridine rings is 2. The first kappa shape index (κ1) is 17.1. The molecule has 0 aliphatic rings. The average Bonchev–Trinajstić information content (AvgIpc) is 2.54. The predicted molar refractivity (Wildman–Crippen MR) is 90.7 cm³/mol. The van der Waals surface area contributed by atoms with Crippen molar-refractivity contribution >= 4 is 5.91 Å². The maximum Gasteiger partial charge on any atom is 0.234 e. The highest BCUT2D eigenvalue weighted by molar-refractivity contribution is 5.78. The Hall–Kier alpha value is -2.27. The molecule has 0 bridgehead atoms. The van der Waals surface area contributed by atoms with Gasteiger partial charge in [-0.3, -0.25) is 19.7 Å². The molecule has 2 heterocycles. The van der Waals surface area contributed by atoms with Crippen molar-refractivity contribution < 1.29 is 4.79 Å². The Balaban J connectivity index is 1.88. The van der Waals surface area contributed by atoms with Crippen molar-refractivity contribution in [3.63, 3.8) is 0 Å². The molecular formula is C18H24N4O. The quantitative estimate of drug-likeness (QED) is 0.853. The summed E-state index contributed by atoms with van der Waals surface area (Å²) in [5, 5.41) is 3.06. The standard InChI is InChI=1S/C18H24N4O/c1-4-16(17-6-5-14(2)11-20-17)21-18(23)13-22(3)12-15-7-9-19-10-8-15/h5-11,16H,4,12-13H2,1-3H3,(H,21,23). The maximum absolute atomic E-state index is 12.3. The highest BCUT2D eigenvalue weighted by Gasteiger charge is 2.15. The van der Waals surface area contributed by atoms with Crippen LogP contribution in [-0.2, 0) is 11.3 Å². The van der Waals surface area contributed by atoms with Gasteiger partial charge in [-0.25, -0.2) is 0 Å². The fourth-order valence-corrected chi connectivity index (χ4v) is 2.41. The van der Waals surface area contributed by atoms with E-state index in [1.807, 2.05) is 56.3 Å². The smallest absolute Gasteiger partial charge is 0.234 e. The maximum atomic E-state index is 12.3. The van der Waals surface area contributed by atoms with Crippen molar-refractivity contribution in [3.05, 3.63) is 59.7 Å². The van der Waals surface area contributed by atoms with Crippen LogP contribution in [0, 0.1) is 6.92 Å². The zero-order chi connectivity index (χ0) is 16.7. The van der Waals surface area contributed by atoms with Crippen LogP contribution < -0.4 is 5.32 Å². The lowest BCUT2D eigenvalue weighted by Gasteiger charge is -2.20. The number of nitrogens with one attached hydrogen (secondary N) is 1. The van der Waals surface area contributed by atoms with Crippen LogP contribution in [0.4, 0.5) is 0 Å². The number of hydrogen-bond acceptors (Lipinski definition) is 4. The van der Waals surface area contributed by atoms with Crippen LogP contribution in [0.25, 0.3) is 0 Å². The fourth-order valence-electron chi connectivity index (χ4n) is 2.41. The summed E-state index contributed by atoms with van der Waals surface area (Å²) < 4.78 is 0. The molecule has 0 aliphatic heterocycles. The highest BCUT2D eigenvalue weighted by Crippen LogP contribution is 2.14. The molecule has 0 fully saturated rings. The van der Waals surface area contributed by atoms with E-state index >= 15 is 0 Å². The van der Waals surface area contributed by atoms with E-state index in [0.29, 0.717) is 6.54 Å². The summed E-state index contributed by atoms with van der Waals surface area (Å²) in [7, 11) is 1.94. The molecule has 0 saturated heterocycles. The van der Waals surface area contributed by atoms with Crippen LogP contribution in [0.3, 0.4) is 0 Å². The highest BCUT2D eigenvalue weighted by atomic mass is 16.2. The van der Waals surface area contributed by atoms with Crippen molar-refractivity contribution in [3.8, 4) is 0 Å². The molecule has 1 N–H and O–H groups in total. The molecule has 23 heavy (non-hydrogen) atoms. The van der Waals surface area contributed by atoms with E-state index in [1.165, 1.54) is 0 Å². The number of amides is 1. The Bertz CT molecular complexity index is 613. The molecule has 122 valence electrons. The van der Waals surface area contributed by atoms with Gasteiger partial charge in [-0.2, -0.15) is 0 Å². The number of rotatable bonds is 7. The lowest BCUT2D eigenvalue weighted by atomic mass is 10.1. The predicted octanol–water partition coefficient (Wildman–Crippen LogP) is 2.48. The molecule has 2 aromatic heterocycles. The Morgan fingerprint density at radius 2 is 2.00 bits per heavy atom. The Labute approximate surface area is 137 Å². The van der Waals surface area contributed by atoms with Gasteiger partial charge in [-0.05, 0) is 49.7 Å². The molecule has 0 radical (unpaired) electrons. The number of carbonyl (C=O) groups excluding carboxylic acids is 1. The van der Waals surface area contributed by atoms with Crippen LogP contribution in [0.1, 0.15) is 36.2 Å². The lowest BCUT2D eigenvalue weighted by Crippen LogP contribution is -2.37. The first-order valence-corrected chi connectivity index (χ1v) is 7.88. The van der Waals surface area contributed by atoms with Gasteiger partial charge >= 0.3 is 0 Å². The Kier molecular flexibility index (Phi) is 6.23. The lowest BCUT2D eigenvalue weighted by molar-refractivity contribution is -0.122. The zero-order valence-electron chi connectivity index (χ0n) is 14.0. The van der Waals surface area contributed by atoms with Crippen molar-refractivity contribution in [2.75, 3.05) is 13.6 Å². The number of nitrogens with zero attached hydrogens (tertiary/aromatic N) is 3. The normalized spacial score (nSPS) is 12.2. The molecule has 1 unspecified atom stereocenters. The van der Waals surface area contributed by atoms with Gasteiger partial charge in [0.2, 0.25) is 5.91 Å². The van der Waals surface area contributed by atoms with Crippen LogP contribution in [0.5, 0.6) is 0 Å². The minimum absolute atomic E-state index is 0.00998. The topological polar surface area (TPSA) is 58.1 Å². The van der Waals surface area contributed by atoms with Crippen LogP contribution in [-0.4, -0.2) is 34.4 Å². The number of aromatic nitrogens is 2. The zero-order valence-corrected chi connectivity index (χ0v) is 14.0.